The lowest BCUT2D eigenvalue weighted by molar-refractivity contribution is -0.123. The second-order valence-electron chi connectivity index (χ2n) is 6.60. The van der Waals surface area contributed by atoms with Crippen LogP contribution in [0.1, 0.15) is 17.2 Å². The molecule has 1 amide bonds. The molecule has 2 heterocycles. The molecular weight excluding hydrogens is 350 g/mol. The maximum atomic E-state index is 12.5. The van der Waals surface area contributed by atoms with Gasteiger partial charge in [-0.05, 0) is 11.1 Å². The molecule has 2 aliphatic rings. The van der Waals surface area contributed by atoms with Crippen molar-refractivity contribution >= 4 is 18.0 Å². The smallest absolute Gasteiger partial charge is 0.243 e. The van der Waals surface area contributed by atoms with Gasteiger partial charge in [-0.1, -0.05) is 67.2 Å². The quantitative estimate of drug-likeness (QED) is 0.847. The molecule has 6 heteroatoms. The van der Waals surface area contributed by atoms with Crippen molar-refractivity contribution in [2.24, 2.45) is 15.7 Å². The predicted octanol–water partition coefficient (Wildman–Crippen LogP) is 2.53. The first-order valence-corrected chi connectivity index (χ1v) is 9.10. The van der Waals surface area contributed by atoms with E-state index in [1.807, 2.05) is 60.7 Å². The fraction of sp³-hybridized carbons (Fsp3) is 0.136. The summed E-state index contributed by atoms with van der Waals surface area (Å²) >= 11 is 0. The number of aliphatic imine (C=N–C) groups is 2. The van der Waals surface area contributed by atoms with Gasteiger partial charge in [0.25, 0.3) is 0 Å². The minimum Gasteiger partial charge on any atom is -0.324 e. The van der Waals surface area contributed by atoms with Crippen LogP contribution in [-0.2, 0) is 11.2 Å². The van der Waals surface area contributed by atoms with Crippen molar-refractivity contribution in [2.75, 3.05) is 6.54 Å². The SMILES string of the molecule is C=C1C2=C(N=C(CN)N1NC(=O)Cc1ccccc1)C(c1ccccc1)N=C2. The van der Waals surface area contributed by atoms with Gasteiger partial charge in [-0.15, -0.1) is 0 Å². The number of nitrogens with two attached hydrogens (primary N) is 1. The van der Waals surface area contributed by atoms with Crippen molar-refractivity contribution < 1.29 is 4.79 Å². The average molecular weight is 371 g/mol. The lowest BCUT2D eigenvalue weighted by Crippen LogP contribution is -2.50. The molecule has 1 unspecified atom stereocenters. The Morgan fingerprint density at radius 1 is 1.11 bits per heavy atom. The Morgan fingerprint density at radius 2 is 1.79 bits per heavy atom. The van der Waals surface area contributed by atoms with E-state index < -0.39 is 0 Å². The number of hydrazine groups is 1. The van der Waals surface area contributed by atoms with E-state index in [0.717, 1.165) is 22.4 Å². The summed E-state index contributed by atoms with van der Waals surface area (Å²) in [7, 11) is 0. The number of rotatable bonds is 5. The Hall–Kier alpha value is -3.51. The molecular formula is C22H21N5O. The summed E-state index contributed by atoms with van der Waals surface area (Å²) in [5.41, 5.74) is 13.0. The summed E-state index contributed by atoms with van der Waals surface area (Å²) in [6.45, 7) is 4.32. The second-order valence-corrected chi connectivity index (χ2v) is 6.60. The van der Waals surface area contributed by atoms with Crippen LogP contribution in [0.15, 0.2) is 94.2 Å². The van der Waals surface area contributed by atoms with E-state index in [-0.39, 0.29) is 24.9 Å². The van der Waals surface area contributed by atoms with Gasteiger partial charge < -0.3 is 5.73 Å². The van der Waals surface area contributed by atoms with Crippen LogP contribution in [0, 0.1) is 0 Å². The topological polar surface area (TPSA) is 83.1 Å². The zero-order valence-corrected chi connectivity index (χ0v) is 15.4. The fourth-order valence-electron chi connectivity index (χ4n) is 3.34. The van der Waals surface area contributed by atoms with Crippen LogP contribution in [0.25, 0.3) is 0 Å². The molecule has 140 valence electrons. The number of nitrogens with zero attached hydrogens (tertiary/aromatic N) is 3. The van der Waals surface area contributed by atoms with Gasteiger partial charge >= 0.3 is 0 Å². The standard InChI is InChI=1S/C22H21N5O/c1-15-18-14-24-21(17-10-6-3-7-11-17)22(18)25-19(13-23)27(15)26-20(28)12-16-8-4-2-5-9-16/h2-11,14,21H,1,12-13,23H2,(H,26,28). The maximum Gasteiger partial charge on any atom is 0.243 e. The van der Waals surface area contributed by atoms with Crippen molar-refractivity contribution in [2.45, 2.75) is 12.5 Å². The van der Waals surface area contributed by atoms with Crippen molar-refractivity contribution in [3.8, 4) is 0 Å². The van der Waals surface area contributed by atoms with Gasteiger partial charge in [0.05, 0.1) is 24.4 Å². The zero-order chi connectivity index (χ0) is 19.5. The summed E-state index contributed by atoms with van der Waals surface area (Å²) in [4.78, 5) is 21.8. The van der Waals surface area contributed by atoms with Crippen LogP contribution in [0.4, 0.5) is 0 Å². The van der Waals surface area contributed by atoms with Gasteiger partial charge in [0.1, 0.15) is 11.9 Å². The monoisotopic (exact) mass is 371 g/mol. The molecule has 2 aromatic carbocycles. The minimum absolute atomic E-state index is 0.160. The molecule has 0 saturated carbocycles. The van der Waals surface area contributed by atoms with E-state index in [9.17, 15) is 4.79 Å². The molecule has 3 N–H and O–H groups in total. The third kappa shape index (κ3) is 3.37. The van der Waals surface area contributed by atoms with Gasteiger partial charge in [0.2, 0.25) is 5.91 Å². The van der Waals surface area contributed by atoms with Crippen molar-refractivity contribution in [3.05, 3.63) is 95.3 Å². The number of hydrogen-bond donors (Lipinski definition) is 2. The van der Waals surface area contributed by atoms with E-state index in [2.05, 4.69) is 17.0 Å². The number of carbonyl (C=O) groups is 1. The number of amidine groups is 1. The third-order valence-corrected chi connectivity index (χ3v) is 4.72. The molecule has 0 spiro atoms. The summed E-state index contributed by atoms with van der Waals surface area (Å²) in [6, 6.07) is 19.3. The number of benzene rings is 2. The van der Waals surface area contributed by atoms with E-state index >= 15 is 0 Å². The molecule has 0 aromatic heterocycles. The summed E-state index contributed by atoms with van der Waals surface area (Å²) in [5, 5.41) is 1.57. The van der Waals surface area contributed by atoms with Crippen LogP contribution >= 0.6 is 0 Å². The Labute approximate surface area is 163 Å². The van der Waals surface area contributed by atoms with E-state index in [4.69, 9.17) is 10.7 Å². The Balaban J connectivity index is 1.56. The Morgan fingerprint density at radius 3 is 2.46 bits per heavy atom. The first-order chi connectivity index (χ1) is 13.7. The third-order valence-electron chi connectivity index (χ3n) is 4.72. The van der Waals surface area contributed by atoms with Crippen molar-refractivity contribution in [1.82, 2.24) is 10.4 Å². The number of hydrogen-bond acceptors (Lipinski definition) is 5. The molecule has 2 aromatic rings. The normalized spacial score (nSPS) is 18.2. The first kappa shape index (κ1) is 17.9. The Bertz CT molecular complexity index is 992. The van der Waals surface area contributed by atoms with Crippen LogP contribution in [-0.4, -0.2) is 29.5 Å². The van der Waals surface area contributed by atoms with Gasteiger partial charge in [0.15, 0.2) is 0 Å². The van der Waals surface area contributed by atoms with E-state index in [1.165, 1.54) is 0 Å². The second kappa shape index (κ2) is 7.62. The van der Waals surface area contributed by atoms with Crippen LogP contribution in [0.3, 0.4) is 0 Å². The highest BCUT2D eigenvalue weighted by Gasteiger charge is 2.33. The predicted molar refractivity (Wildman–Crippen MR) is 110 cm³/mol. The first-order valence-electron chi connectivity index (χ1n) is 9.10. The van der Waals surface area contributed by atoms with Gasteiger partial charge in [-0.25, -0.2) is 10.0 Å². The molecule has 0 radical (unpaired) electrons. The molecule has 0 saturated heterocycles. The lowest BCUT2D eigenvalue weighted by Gasteiger charge is -2.31. The largest absolute Gasteiger partial charge is 0.324 e. The molecule has 0 aliphatic carbocycles. The Kier molecular flexibility index (Phi) is 4.87. The van der Waals surface area contributed by atoms with Crippen molar-refractivity contribution in [3.63, 3.8) is 0 Å². The van der Waals surface area contributed by atoms with Gasteiger partial charge in [-0.2, -0.15) is 0 Å². The van der Waals surface area contributed by atoms with Crippen LogP contribution < -0.4 is 11.2 Å². The highest BCUT2D eigenvalue weighted by molar-refractivity contribution is 5.98. The molecule has 28 heavy (non-hydrogen) atoms. The summed E-state index contributed by atoms with van der Waals surface area (Å²) in [5.74, 6) is 0.378. The van der Waals surface area contributed by atoms with E-state index in [0.29, 0.717) is 11.5 Å². The van der Waals surface area contributed by atoms with E-state index in [1.54, 1.807) is 11.2 Å². The number of allylic oxidation sites excluding steroid dienone is 1. The zero-order valence-electron chi connectivity index (χ0n) is 15.4. The molecule has 0 fully saturated rings. The molecule has 6 nitrogen and oxygen atoms in total. The van der Waals surface area contributed by atoms with Crippen LogP contribution in [0.2, 0.25) is 0 Å². The highest BCUT2D eigenvalue weighted by Crippen LogP contribution is 2.38. The molecule has 4 rings (SSSR count). The fourth-order valence-corrected chi connectivity index (χ4v) is 3.34. The van der Waals surface area contributed by atoms with Crippen molar-refractivity contribution in [1.29, 1.82) is 0 Å². The van der Waals surface area contributed by atoms with Gasteiger partial charge in [0, 0.05) is 11.8 Å². The summed E-state index contributed by atoms with van der Waals surface area (Å²) in [6.07, 6.45) is 2.03. The molecule has 1 atom stereocenters. The minimum atomic E-state index is -0.184. The number of carbonyl (C=O) groups excluding carboxylic acids is 1. The number of amides is 1. The molecule has 0 bridgehead atoms. The van der Waals surface area contributed by atoms with Crippen LogP contribution in [0.5, 0.6) is 0 Å². The summed E-state index contributed by atoms with van der Waals surface area (Å²) < 4.78 is 0. The van der Waals surface area contributed by atoms with Gasteiger partial charge in [-0.3, -0.25) is 15.2 Å². The average Bonchev–Trinajstić information content (AvgIpc) is 3.15. The number of nitrogens with one attached hydrogen (secondary N) is 1. The molecule has 2 aliphatic heterocycles. The lowest BCUT2D eigenvalue weighted by atomic mass is 10.0. The highest BCUT2D eigenvalue weighted by atomic mass is 16.2. The maximum absolute atomic E-state index is 12.5.